The van der Waals surface area contributed by atoms with Gasteiger partial charge >= 0.3 is 0 Å². The first kappa shape index (κ1) is 12.3. The van der Waals surface area contributed by atoms with E-state index in [1.807, 2.05) is 0 Å². The van der Waals surface area contributed by atoms with Gasteiger partial charge in [0.1, 0.15) is 0 Å². The monoisotopic (exact) mass is 246 g/mol. The summed E-state index contributed by atoms with van der Waals surface area (Å²) in [7, 11) is 0. The standard InChI is InChI=1S/C16H26N2/c1-10(2)16-13-6-5-12-9-17-18(11(3)4)15(12)8-7-14(13)16/h9-11,13-14,16H,5-8H2,1-4H3/t13?,14?,16-/m0/s1. The van der Waals surface area contributed by atoms with Gasteiger partial charge in [-0.05, 0) is 68.8 Å². The predicted octanol–water partition coefficient (Wildman–Crippen LogP) is 3.86. The van der Waals surface area contributed by atoms with Crippen LogP contribution in [0.15, 0.2) is 6.20 Å². The van der Waals surface area contributed by atoms with Crippen LogP contribution in [0.4, 0.5) is 0 Å². The summed E-state index contributed by atoms with van der Waals surface area (Å²) in [5.74, 6) is 3.91. The van der Waals surface area contributed by atoms with Crippen molar-refractivity contribution in [1.29, 1.82) is 0 Å². The molecule has 1 aromatic rings. The Labute approximate surface area is 111 Å². The van der Waals surface area contributed by atoms with Crippen LogP contribution in [0.3, 0.4) is 0 Å². The van der Waals surface area contributed by atoms with E-state index in [0.717, 1.165) is 23.7 Å². The Morgan fingerprint density at radius 2 is 1.78 bits per heavy atom. The van der Waals surface area contributed by atoms with E-state index in [4.69, 9.17) is 0 Å². The quantitative estimate of drug-likeness (QED) is 0.774. The first-order valence-electron chi connectivity index (χ1n) is 7.65. The van der Waals surface area contributed by atoms with Crippen molar-refractivity contribution >= 4 is 0 Å². The normalized spacial score (nSPS) is 30.9. The van der Waals surface area contributed by atoms with Gasteiger partial charge in [0, 0.05) is 11.7 Å². The topological polar surface area (TPSA) is 17.8 Å². The van der Waals surface area contributed by atoms with E-state index in [2.05, 4.69) is 43.7 Å². The predicted molar refractivity (Wildman–Crippen MR) is 74.6 cm³/mol. The van der Waals surface area contributed by atoms with Gasteiger partial charge in [0.05, 0.1) is 6.20 Å². The van der Waals surface area contributed by atoms with E-state index >= 15 is 0 Å². The number of hydrogen-bond acceptors (Lipinski definition) is 1. The molecule has 1 aromatic heterocycles. The molecule has 18 heavy (non-hydrogen) atoms. The molecule has 0 radical (unpaired) electrons. The highest BCUT2D eigenvalue weighted by Gasteiger charge is 2.50. The van der Waals surface area contributed by atoms with Gasteiger partial charge in [0.25, 0.3) is 0 Å². The molecule has 0 aliphatic heterocycles. The number of nitrogens with zero attached hydrogens (tertiary/aromatic N) is 2. The Hall–Kier alpha value is -0.790. The second-order valence-electron chi connectivity index (χ2n) is 6.88. The maximum absolute atomic E-state index is 4.59. The van der Waals surface area contributed by atoms with E-state index in [9.17, 15) is 0 Å². The maximum atomic E-state index is 4.59. The Balaban J connectivity index is 1.79. The molecule has 1 saturated carbocycles. The van der Waals surface area contributed by atoms with Gasteiger partial charge in [0.2, 0.25) is 0 Å². The van der Waals surface area contributed by atoms with Crippen LogP contribution in [0.1, 0.15) is 57.8 Å². The summed E-state index contributed by atoms with van der Waals surface area (Å²) in [5.41, 5.74) is 3.05. The van der Waals surface area contributed by atoms with Crippen molar-refractivity contribution < 1.29 is 0 Å². The van der Waals surface area contributed by atoms with Crippen molar-refractivity contribution in [2.75, 3.05) is 0 Å². The highest BCUT2D eigenvalue weighted by Crippen LogP contribution is 2.56. The van der Waals surface area contributed by atoms with E-state index in [1.165, 1.54) is 36.9 Å². The number of rotatable bonds is 2. The number of aromatic nitrogens is 2. The summed E-state index contributed by atoms with van der Waals surface area (Å²) < 4.78 is 2.25. The molecule has 3 rings (SSSR count). The van der Waals surface area contributed by atoms with E-state index in [0.29, 0.717) is 6.04 Å². The highest BCUT2D eigenvalue weighted by atomic mass is 15.3. The summed E-state index contributed by atoms with van der Waals surface area (Å²) >= 11 is 0. The van der Waals surface area contributed by atoms with Crippen LogP contribution in [0.2, 0.25) is 0 Å². The number of hydrogen-bond donors (Lipinski definition) is 0. The second kappa shape index (κ2) is 4.40. The third kappa shape index (κ3) is 1.90. The van der Waals surface area contributed by atoms with Gasteiger partial charge in [-0.15, -0.1) is 0 Å². The Kier molecular flexibility index (Phi) is 2.99. The van der Waals surface area contributed by atoms with Gasteiger partial charge in [-0.1, -0.05) is 13.8 Å². The van der Waals surface area contributed by atoms with Gasteiger partial charge in [0.15, 0.2) is 0 Å². The van der Waals surface area contributed by atoms with Crippen LogP contribution < -0.4 is 0 Å². The minimum absolute atomic E-state index is 0.504. The molecule has 0 N–H and O–H groups in total. The molecule has 2 aliphatic carbocycles. The van der Waals surface area contributed by atoms with Crippen molar-refractivity contribution in [1.82, 2.24) is 9.78 Å². The van der Waals surface area contributed by atoms with Crippen molar-refractivity contribution in [2.24, 2.45) is 23.7 Å². The zero-order valence-corrected chi connectivity index (χ0v) is 12.2. The lowest BCUT2D eigenvalue weighted by Gasteiger charge is -2.14. The van der Waals surface area contributed by atoms with E-state index in [1.54, 1.807) is 0 Å². The average Bonchev–Trinajstić information content (AvgIpc) is 2.81. The first-order valence-corrected chi connectivity index (χ1v) is 7.65. The zero-order chi connectivity index (χ0) is 12.9. The fourth-order valence-electron chi connectivity index (χ4n) is 4.25. The fraction of sp³-hybridized carbons (Fsp3) is 0.812. The first-order chi connectivity index (χ1) is 8.59. The lowest BCUT2D eigenvalue weighted by molar-refractivity contribution is 0.478. The van der Waals surface area contributed by atoms with Crippen LogP contribution in [0.5, 0.6) is 0 Å². The SMILES string of the molecule is CC(C)[C@H]1C2CCc3cnn(C(C)C)c3CCC21. The van der Waals surface area contributed by atoms with Crippen LogP contribution in [-0.4, -0.2) is 9.78 Å². The molecule has 100 valence electrons. The fourth-order valence-corrected chi connectivity index (χ4v) is 4.25. The lowest BCUT2D eigenvalue weighted by atomic mass is 9.99. The van der Waals surface area contributed by atoms with Gasteiger partial charge in [-0.3, -0.25) is 4.68 Å². The van der Waals surface area contributed by atoms with Crippen LogP contribution in [0, 0.1) is 23.7 Å². The third-order valence-corrected chi connectivity index (χ3v) is 5.10. The molecule has 1 fully saturated rings. The molecule has 1 heterocycles. The number of fused-ring (bicyclic) bond motifs is 2. The smallest absolute Gasteiger partial charge is 0.0524 e. The van der Waals surface area contributed by atoms with Gasteiger partial charge in [-0.25, -0.2) is 0 Å². The molecule has 0 amide bonds. The van der Waals surface area contributed by atoms with Gasteiger partial charge < -0.3 is 0 Å². The molecule has 2 unspecified atom stereocenters. The Bertz CT molecular complexity index is 430. The molecule has 0 bridgehead atoms. The summed E-state index contributed by atoms with van der Waals surface area (Å²) in [6.45, 7) is 9.28. The molecule has 0 spiro atoms. The minimum Gasteiger partial charge on any atom is -0.267 e. The molecule has 3 atom stereocenters. The molecule has 2 aliphatic rings. The molecule has 0 saturated heterocycles. The molecule has 0 aromatic carbocycles. The summed E-state index contributed by atoms with van der Waals surface area (Å²) in [6, 6.07) is 0.504. The second-order valence-corrected chi connectivity index (χ2v) is 6.88. The van der Waals surface area contributed by atoms with Gasteiger partial charge in [-0.2, -0.15) is 5.10 Å². The van der Waals surface area contributed by atoms with Crippen LogP contribution >= 0.6 is 0 Å². The Morgan fingerprint density at radius 1 is 1.11 bits per heavy atom. The molecular weight excluding hydrogens is 220 g/mol. The molecule has 2 heteroatoms. The number of aryl methyl sites for hydroxylation is 1. The average molecular weight is 246 g/mol. The highest BCUT2D eigenvalue weighted by molar-refractivity contribution is 5.21. The summed E-state index contributed by atoms with van der Waals surface area (Å²) in [6.07, 6.45) is 7.41. The van der Waals surface area contributed by atoms with Crippen molar-refractivity contribution in [3.8, 4) is 0 Å². The van der Waals surface area contributed by atoms with Crippen molar-refractivity contribution in [3.63, 3.8) is 0 Å². The van der Waals surface area contributed by atoms with E-state index < -0.39 is 0 Å². The zero-order valence-electron chi connectivity index (χ0n) is 12.2. The molecular formula is C16H26N2. The van der Waals surface area contributed by atoms with Crippen LogP contribution in [0.25, 0.3) is 0 Å². The maximum Gasteiger partial charge on any atom is 0.0524 e. The minimum atomic E-state index is 0.504. The van der Waals surface area contributed by atoms with E-state index in [-0.39, 0.29) is 0 Å². The Morgan fingerprint density at radius 3 is 2.39 bits per heavy atom. The molecule has 2 nitrogen and oxygen atoms in total. The lowest BCUT2D eigenvalue weighted by Crippen LogP contribution is -2.10. The third-order valence-electron chi connectivity index (χ3n) is 5.10. The van der Waals surface area contributed by atoms with Crippen LogP contribution in [-0.2, 0) is 12.8 Å². The van der Waals surface area contributed by atoms with Crippen molar-refractivity contribution in [2.45, 2.75) is 59.4 Å². The largest absolute Gasteiger partial charge is 0.267 e. The summed E-state index contributed by atoms with van der Waals surface area (Å²) in [4.78, 5) is 0. The summed E-state index contributed by atoms with van der Waals surface area (Å²) in [5, 5.41) is 4.59. The van der Waals surface area contributed by atoms with Crippen molar-refractivity contribution in [3.05, 3.63) is 17.5 Å².